The number of nitrogens with one attached hydrogen (secondary N) is 1. The maximum atomic E-state index is 11.9. The minimum Gasteiger partial charge on any atom is -0.463 e. The molecule has 0 spiro atoms. The van der Waals surface area contributed by atoms with Gasteiger partial charge in [0.05, 0.1) is 12.1 Å². The Morgan fingerprint density at radius 3 is 2.76 bits per heavy atom. The Balaban J connectivity index is 2.01. The number of aromatic nitrogens is 1. The molecular formula is C15H15N3O3. The summed E-state index contributed by atoms with van der Waals surface area (Å²) in [5, 5.41) is 21.6. The van der Waals surface area contributed by atoms with E-state index in [-0.39, 0.29) is 12.2 Å². The lowest BCUT2D eigenvalue weighted by molar-refractivity contribution is 0.0322. The molecule has 6 heteroatoms. The SMILES string of the molecule is Cc1ccc(C(C)(O)CNC(=O)c2ccc(C#N)cn2)o1. The van der Waals surface area contributed by atoms with Crippen LogP contribution in [0.3, 0.4) is 0 Å². The molecule has 0 aliphatic rings. The third-order valence-electron chi connectivity index (χ3n) is 2.99. The smallest absolute Gasteiger partial charge is 0.269 e. The van der Waals surface area contributed by atoms with Crippen molar-refractivity contribution in [3.8, 4) is 6.07 Å². The number of aliphatic hydroxyl groups is 1. The summed E-state index contributed by atoms with van der Waals surface area (Å²) >= 11 is 0. The largest absolute Gasteiger partial charge is 0.463 e. The lowest BCUT2D eigenvalue weighted by atomic mass is 10.0. The van der Waals surface area contributed by atoms with Gasteiger partial charge in [0.2, 0.25) is 0 Å². The second-order valence-electron chi connectivity index (χ2n) is 4.91. The minimum absolute atomic E-state index is 0.0134. The van der Waals surface area contributed by atoms with E-state index in [0.717, 1.165) is 0 Å². The topological polar surface area (TPSA) is 99.2 Å². The molecule has 108 valence electrons. The van der Waals surface area contributed by atoms with Crippen molar-refractivity contribution >= 4 is 5.91 Å². The molecule has 0 aliphatic heterocycles. The van der Waals surface area contributed by atoms with Crippen LogP contribution < -0.4 is 5.32 Å². The third kappa shape index (κ3) is 3.46. The zero-order chi connectivity index (χ0) is 15.5. The molecule has 2 aromatic heterocycles. The van der Waals surface area contributed by atoms with Gasteiger partial charge in [-0.2, -0.15) is 5.26 Å². The lowest BCUT2D eigenvalue weighted by Gasteiger charge is -2.21. The van der Waals surface area contributed by atoms with E-state index < -0.39 is 11.5 Å². The Bertz CT molecular complexity index is 681. The summed E-state index contributed by atoms with van der Waals surface area (Å²) in [6, 6.07) is 8.31. The van der Waals surface area contributed by atoms with E-state index in [4.69, 9.17) is 9.68 Å². The van der Waals surface area contributed by atoms with Gasteiger partial charge in [0, 0.05) is 6.20 Å². The van der Waals surface area contributed by atoms with E-state index in [0.29, 0.717) is 17.1 Å². The number of amides is 1. The Hall–Kier alpha value is -2.65. The maximum Gasteiger partial charge on any atom is 0.269 e. The first kappa shape index (κ1) is 14.8. The number of carbonyl (C=O) groups excluding carboxylic acids is 1. The van der Waals surface area contributed by atoms with Crippen molar-refractivity contribution in [3.63, 3.8) is 0 Å². The molecule has 0 aromatic carbocycles. The molecule has 0 radical (unpaired) electrons. The summed E-state index contributed by atoms with van der Waals surface area (Å²) in [7, 11) is 0. The maximum absolute atomic E-state index is 11.9. The van der Waals surface area contributed by atoms with Crippen LogP contribution in [0.2, 0.25) is 0 Å². The van der Waals surface area contributed by atoms with Crippen molar-refractivity contribution in [3.05, 3.63) is 53.2 Å². The van der Waals surface area contributed by atoms with Gasteiger partial charge < -0.3 is 14.8 Å². The molecule has 1 amide bonds. The number of aryl methyl sites for hydroxylation is 1. The number of hydrogen-bond donors (Lipinski definition) is 2. The first-order valence-corrected chi connectivity index (χ1v) is 6.36. The van der Waals surface area contributed by atoms with Crippen LogP contribution in [0.5, 0.6) is 0 Å². The Kier molecular flexibility index (Phi) is 4.05. The van der Waals surface area contributed by atoms with E-state index in [1.807, 2.05) is 6.07 Å². The first-order valence-electron chi connectivity index (χ1n) is 6.36. The molecule has 0 saturated carbocycles. The second kappa shape index (κ2) is 5.77. The highest BCUT2D eigenvalue weighted by atomic mass is 16.4. The predicted octanol–water partition coefficient (Wildman–Crippen LogP) is 1.49. The molecule has 1 atom stereocenters. The van der Waals surface area contributed by atoms with Crippen LogP contribution in [-0.4, -0.2) is 22.5 Å². The van der Waals surface area contributed by atoms with Crippen molar-refractivity contribution < 1.29 is 14.3 Å². The number of furan rings is 1. The van der Waals surface area contributed by atoms with Crippen molar-refractivity contribution in [2.45, 2.75) is 19.4 Å². The molecule has 0 saturated heterocycles. The van der Waals surface area contributed by atoms with Gasteiger partial charge in [0.1, 0.15) is 28.9 Å². The monoisotopic (exact) mass is 285 g/mol. The number of nitriles is 1. The van der Waals surface area contributed by atoms with Crippen LogP contribution in [-0.2, 0) is 5.60 Å². The summed E-state index contributed by atoms with van der Waals surface area (Å²) < 4.78 is 5.36. The molecule has 0 bridgehead atoms. The van der Waals surface area contributed by atoms with Crippen LogP contribution in [0, 0.1) is 18.3 Å². The third-order valence-corrected chi connectivity index (χ3v) is 2.99. The highest BCUT2D eigenvalue weighted by Crippen LogP contribution is 2.21. The van der Waals surface area contributed by atoms with Gasteiger partial charge in [-0.1, -0.05) is 0 Å². The summed E-state index contributed by atoms with van der Waals surface area (Å²) in [6.07, 6.45) is 1.32. The fourth-order valence-electron chi connectivity index (χ4n) is 1.75. The van der Waals surface area contributed by atoms with Crippen molar-refractivity contribution in [2.75, 3.05) is 6.54 Å². The van der Waals surface area contributed by atoms with Gasteiger partial charge in [-0.05, 0) is 38.1 Å². The van der Waals surface area contributed by atoms with Gasteiger partial charge in [-0.3, -0.25) is 4.79 Å². The normalized spacial score (nSPS) is 13.2. The zero-order valence-corrected chi connectivity index (χ0v) is 11.8. The molecule has 1 unspecified atom stereocenters. The van der Waals surface area contributed by atoms with Crippen LogP contribution in [0.25, 0.3) is 0 Å². The second-order valence-corrected chi connectivity index (χ2v) is 4.91. The average molecular weight is 285 g/mol. The molecule has 2 aromatic rings. The molecule has 2 N–H and O–H groups in total. The number of hydrogen-bond acceptors (Lipinski definition) is 5. The quantitative estimate of drug-likeness (QED) is 0.886. The van der Waals surface area contributed by atoms with Gasteiger partial charge in [-0.25, -0.2) is 4.98 Å². The Morgan fingerprint density at radius 2 is 2.24 bits per heavy atom. The van der Waals surface area contributed by atoms with Crippen molar-refractivity contribution in [2.24, 2.45) is 0 Å². The van der Waals surface area contributed by atoms with Crippen LogP contribution in [0.4, 0.5) is 0 Å². The number of carbonyl (C=O) groups is 1. The predicted molar refractivity (Wildman–Crippen MR) is 74.3 cm³/mol. The summed E-state index contributed by atoms with van der Waals surface area (Å²) in [5.41, 5.74) is -0.749. The molecule has 6 nitrogen and oxygen atoms in total. The van der Waals surface area contributed by atoms with Gasteiger partial charge in [0.15, 0.2) is 0 Å². The fourth-order valence-corrected chi connectivity index (χ4v) is 1.75. The zero-order valence-electron chi connectivity index (χ0n) is 11.8. The van der Waals surface area contributed by atoms with E-state index in [1.165, 1.54) is 18.3 Å². The molecule has 0 aliphatic carbocycles. The summed E-state index contributed by atoms with van der Waals surface area (Å²) in [5.74, 6) is 0.640. The van der Waals surface area contributed by atoms with Crippen LogP contribution >= 0.6 is 0 Å². The molecular weight excluding hydrogens is 270 g/mol. The van der Waals surface area contributed by atoms with Gasteiger partial charge in [-0.15, -0.1) is 0 Å². The standard InChI is InChI=1S/C15H15N3O3/c1-10-3-6-13(21-10)15(2,20)9-18-14(19)12-5-4-11(7-16)8-17-12/h3-6,8,20H,9H2,1-2H3,(H,18,19). The number of pyridine rings is 1. The fraction of sp³-hybridized carbons (Fsp3) is 0.267. The molecule has 0 fully saturated rings. The van der Waals surface area contributed by atoms with Crippen molar-refractivity contribution in [1.29, 1.82) is 5.26 Å². The highest BCUT2D eigenvalue weighted by molar-refractivity contribution is 5.92. The average Bonchev–Trinajstić information content (AvgIpc) is 2.92. The Morgan fingerprint density at radius 1 is 1.48 bits per heavy atom. The molecule has 21 heavy (non-hydrogen) atoms. The summed E-state index contributed by atoms with van der Waals surface area (Å²) in [4.78, 5) is 15.8. The van der Waals surface area contributed by atoms with E-state index >= 15 is 0 Å². The van der Waals surface area contributed by atoms with E-state index in [1.54, 1.807) is 26.0 Å². The van der Waals surface area contributed by atoms with Gasteiger partial charge in [0.25, 0.3) is 5.91 Å². The highest BCUT2D eigenvalue weighted by Gasteiger charge is 2.27. The minimum atomic E-state index is -1.31. The first-order chi connectivity index (χ1) is 9.92. The van der Waals surface area contributed by atoms with Crippen molar-refractivity contribution in [1.82, 2.24) is 10.3 Å². The molecule has 2 heterocycles. The van der Waals surface area contributed by atoms with E-state index in [2.05, 4.69) is 10.3 Å². The van der Waals surface area contributed by atoms with E-state index in [9.17, 15) is 9.90 Å². The number of rotatable bonds is 4. The summed E-state index contributed by atoms with van der Waals surface area (Å²) in [6.45, 7) is 3.32. The van der Waals surface area contributed by atoms with Crippen LogP contribution in [0.15, 0.2) is 34.9 Å². The number of nitrogens with zero attached hydrogens (tertiary/aromatic N) is 2. The van der Waals surface area contributed by atoms with Gasteiger partial charge >= 0.3 is 0 Å². The lowest BCUT2D eigenvalue weighted by Crippen LogP contribution is -2.38. The van der Waals surface area contributed by atoms with Crippen LogP contribution in [0.1, 0.15) is 34.5 Å². The Labute approximate surface area is 122 Å². The molecule has 2 rings (SSSR count).